The first-order chi connectivity index (χ1) is 9.50. The Labute approximate surface area is 117 Å². The number of hydrogen-bond acceptors (Lipinski definition) is 3. The van der Waals surface area contributed by atoms with Gasteiger partial charge in [0.2, 0.25) is 15.9 Å². The molecule has 0 radical (unpaired) electrons. The molecular weight excluding hydrogens is 316 g/mol. The fourth-order valence-electron chi connectivity index (χ4n) is 2.10. The second-order valence-electron chi connectivity index (χ2n) is 4.58. The van der Waals surface area contributed by atoms with Crippen LogP contribution in [0.15, 0.2) is 18.2 Å². The van der Waals surface area contributed by atoms with Crippen LogP contribution in [-0.4, -0.2) is 26.1 Å². The van der Waals surface area contributed by atoms with Crippen LogP contribution in [0.2, 0.25) is 0 Å². The lowest BCUT2D eigenvalue weighted by Crippen LogP contribution is -2.33. The number of halogens is 4. The average molecular weight is 326 g/mol. The van der Waals surface area contributed by atoms with Gasteiger partial charge in [0.1, 0.15) is 11.1 Å². The number of nitrogens with two attached hydrogens (primary N) is 1. The molecule has 1 atom stereocenters. The fourth-order valence-corrected chi connectivity index (χ4v) is 2.83. The molecule has 2 N–H and O–H groups in total. The van der Waals surface area contributed by atoms with E-state index in [9.17, 15) is 30.8 Å². The minimum atomic E-state index is -4.88. The molecule has 0 spiro atoms. The van der Waals surface area contributed by atoms with Gasteiger partial charge in [-0.25, -0.2) is 17.9 Å². The molecule has 1 saturated heterocycles. The topological polar surface area (TPSA) is 80.5 Å². The molecule has 1 aliphatic rings. The molecule has 0 bridgehead atoms. The molecule has 116 valence electrons. The summed E-state index contributed by atoms with van der Waals surface area (Å²) in [5.41, 5.74) is -1.93. The number of carbonyl (C=O) groups excluding carboxylic acids is 1. The van der Waals surface area contributed by atoms with E-state index in [1.807, 2.05) is 0 Å². The first-order valence-corrected chi connectivity index (χ1v) is 7.30. The summed E-state index contributed by atoms with van der Waals surface area (Å²) in [7, 11) is -4.05. The summed E-state index contributed by atoms with van der Waals surface area (Å²) in [6, 6.07) is 1.82. The predicted octanol–water partition coefficient (Wildman–Crippen LogP) is 1.24. The van der Waals surface area contributed by atoms with Gasteiger partial charge in [-0.2, -0.15) is 13.2 Å². The zero-order chi connectivity index (χ0) is 16.0. The van der Waals surface area contributed by atoms with Crippen LogP contribution < -0.4 is 10.0 Å². The van der Waals surface area contributed by atoms with E-state index in [0.29, 0.717) is 4.90 Å². The van der Waals surface area contributed by atoms with Gasteiger partial charge >= 0.3 is 6.18 Å². The third-order valence-electron chi connectivity index (χ3n) is 3.11. The third kappa shape index (κ3) is 3.16. The molecule has 0 aliphatic carbocycles. The molecule has 1 aromatic rings. The van der Waals surface area contributed by atoms with Crippen LogP contribution >= 0.6 is 0 Å². The van der Waals surface area contributed by atoms with Crippen molar-refractivity contribution in [2.24, 2.45) is 5.14 Å². The second kappa shape index (κ2) is 4.95. The fraction of sp³-hybridized carbons (Fsp3) is 0.364. The van der Waals surface area contributed by atoms with Gasteiger partial charge in [0, 0.05) is 13.0 Å². The van der Waals surface area contributed by atoms with Gasteiger partial charge in [-0.05, 0) is 18.2 Å². The number of carbonyl (C=O) groups is 1. The van der Waals surface area contributed by atoms with Crippen LogP contribution in [0.5, 0.6) is 0 Å². The Morgan fingerprint density at radius 1 is 1.29 bits per heavy atom. The zero-order valence-electron chi connectivity index (χ0n) is 10.4. The summed E-state index contributed by atoms with van der Waals surface area (Å²) in [6.07, 6.45) is -5.38. The first kappa shape index (κ1) is 15.7. The van der Waals surface area contributed by atoms with Gasteiger partial charge in [0.05, 0.1) is 11.3 Å². The first-order valence-electron chi connectivity index (χ1n) is 5.69. The lowest BCUT2D eigenvalue weighted by molar-refractivity contribution is -0.137. The van der Waals surface area contributed by atoms with Gasteiger partial charge in [-0.15, -0.1) is 0 Å². The molecular formula is C11H10F4N2O3S. The molecule has 21 heavy (non-hydrogen) atoms. The third-order valence-corrected chi connectivity index (χ3v) is 4.35. The zero-order valence-corrected chi connectivity index (χ0v) is 11.2. The predicted molar refractivity (Wildman–Crippen MR) is 65.3 cm³/mol. The van der Waals surface area contributed by atoms with Gasteiger partial charge in [-0.3, -0.25) is 4.79 Å². The summed E-state index contributed by atoms with van der Waals surface area (Å²) < 4.78 is 74.1. The molecule has 5 nitrogen and oxygen atoms in total. The van der Waals surface area contributed by atoms with Crippen molar-refractivity contribution >= 4 is 21.6 Å². The van der Waals surface area contributed by atoms with E-state index in [0.717, 1.165) is 12.1 Å². The average Bonchev–Trinajstić information content (AvgIpc) is 2.70. The van der Waals surface area contributed by atoms with Crippen molar-refractivity contribution in [1.29, 1.82) is 0 Å². The van der Waals surface area contributed by atoms with Crippen molar-refractivity contribution < 1.29 is 30.8 Å². The normalized spacial score (nSPS) is 20.1. The van der Waals surface area contributed by atoms with Crippen molar-refractivity contribution in [1.82, 2.24) is 0 Å². The number of anilines is 1. The van der Waals surface area contributed by atoms with Crippen molar-refractivity contribution in [3.05, 3.63) is 29.6 Å². The number of alkyl halides is 3. The van der Waals surface area contributed by atoms with E-state index in [1.54, 1.807) is 0 Å². The van der Waals surface area contributed by atoms with Gasteiger partial charge in [0.15, 0.2) is 0 Å². The van der Waals surface area contributed by atoms with E-state index in [4.69, 9.17) is 5.14 Å². The minimum Gasteiger partial charge on any atom is -0.310 e. The summed E-state index contributed by atoms with van der Waals surface area (Å²) in [5.74, 6) is -1.92. The maximum absolute atomic E-state index is 13.0. The molecule has 1 aliphatic heterocycles. The molecule has 10 heteroatoms. The monoisotopic (exact) mass is 326 g/mol. The number of amides is 1. The highest BCUT2D eigenvalue weighted by molar-refractivity contribution is 7.89. The molecule has 1 heterocycles. The van der Waals surface area contributed by atoms with E-state index in [1.165, 1.54) is 0 Å². The maximum atomic E-state index is 13.0. The quantitative estimate of drug-likeness (QED) is 0.830. The number of hydrogen-bond donors (Lipinski definition) is 1. The molecule has 1 amide bonds. The van der Waals surface area contributed by atoms with Crippen molar-refractivity contribution in [2.45, 2.75) is 17.8 Å². The van der Waals surface area contributed by atoms with E-state index in [2.05, 4.69) is 0 Å². The summed E-state index contributed by atoms with van der Waals surface area (Å²) >= 11 is 0. The highest BCUT2D eigenvalue weighted by atomic mass is 32.2. The van der Waals surface area contributed by atoms with Crippen molar-refractivity contribution in [3.8, 4) is 0 Å². The Bertz CT molecular complexity index is 687. The lowest BCUT2D eigenvalue weighted by Gasteiger charge is -2.21. The largest absolute Gasteiger partial charge is 0.418 e. The molecule has 1 unspecified atom stereocenters. The number of nitrogens with zero attached hydrogens (tertiary/aromatic N) is 1. The maximum Gasteiger partial charge on any atom is 0.418 e. The van der Waals surface area contributed by atoms with Gasteiger partial charge in [-0.1, -0.05) is 0 Å². The highest BCUT2D eigenvalue weighted by Crippen LogP contribution is 2.38. The second-order valence-corrected chi connectivity index (χ2v) is 6.42. The molecule has 0 saturated carbocycles. The van der Waals surface area contributed by atoms with Gasteiger partial charge in [0.25, 0.3) is 0 Å². The molecule has 1 aromatic carbocycles. The van der Waals surface area contributed by atoms with Crippen molar-refractivity contribution in [3.63, 3.8) is 0 Å². The van der Waals surface area contributed by atoms with E-state index >= 15 is 0 Å². The van der Waals surface area contributed by atoms with Crippen LogP contribution in [-0.2, 0) is 21.0 Å². The Kier molecular flexibility index (Phi) is 3.70. The Morgan fingerprint density at radius 3 is 2.38 bits per heavy atom. The Balaban J connectivity index is 2.46. The van der Waals surface area contributed by atoms with Crippen molar-refractivity contribution in [2.75, 3.05) is 11.4 Å². The number of primary sulfonamides is 1. The smallest absolute Gasteiger partial charge is 0.310 e. The van der Waals surface area contributed by atoms with Gasteiger partial charge < -0.3 is 4.90 Å². The SMILES string of the molecule is NS(=O)(=O)C1CC(=O)N(c2ccc(F)cc2C(F)(F)F)C1. The van der Waals surface area contributed by atoms with Crippen LogP contribution in [0.3, 0.4) is 0 Å². The van der Waals surface area contributed by atoms with Crippen LogP contribution in [0, 0.1) is 5.82 Å². The minimum absolute atomic E-state index is 0.257. The standard InChI is InChI=1S/C11H10F4N2O3S/c12-6-1-2-9(8(3-6)11(13,14)15)17-5-7(4-10(17)18)21(16,19)20/h1-3,7H,4-5H2,(H2,16,19,20). The summed E-state index contributed by atoms with van der Waals surface area (Å²) in [5, 5.41) is 3.62. The summed E-state index contributed by atoms with van der Waals surface area (Å²) in [4.78, 5) is 12.4. The molecule has 0 aromatic heterocycles. The summed E-state index contributed by atoms with van der Waals surface area (Å²) in [6.45, 7) is -0.494. The Hall–Kier alpha value is -1.68. The number of sulfonamides is 1. The van der Waals surface area contributed by atoms with Crippen LogP contribution in [0.1, 0.15) is 12.0 Å². The number of rotatable bonds is 2. The number of benzene rings is 1. The van der Waals surface area contributed by atoms with Crippen LogP contribution in [0.4, 0.5) is 23.2 Å². The van der Waals surface area contributed by atoms with Crippen LogP contribution in [0.25, 0.3) is 0 Å². The highest BCUT2D eigenvalue weighted by Gasteiger charge is 2.42. The van der Waals surface area contributed by atoms with E-state index in [-0.39, 0.29) is 6.07 Å². The molecule has 1 fully saturated rings. The lowest BCUT2D eigenvalue weighted by atomic mass is 10.1. The molecule has 2 rings (SSSR count). The Morgan fingerprint density at radius 2 is 1.90 bits per heavy atom. The van der Waals surface area contributed by atoms with E-state index < -0.39 is 57.4 Å².